The number of rotatable bonds is 3. The highest BCUT2D eigenvalue weighted by Gasteiger charge is 2.07. The Morgan fingerprint density at radius 1 is 1.29 bits per heavy atom. The van der Waals surface area contributed by atoms with Gasteiger partial charge in [-0.15, -0.1) is 0 Å². The average Bonchev–Trinajstić information content (AvgIpc) is 2.37. The number of carbonyl (C=O) groups excluding carboxylic acids is 1. The van der Waals surface area contributed by atoms with Crippen molar-refractivity contribution in [2.75, 3.05) is 6.61 Å². The van der Waals surface area contributed by atoms with Crippen molar-refractivity contribution in [1.29, 1.82) is 0 Å². The molecule has 17 heavy (non-hydrogen) atoms. The Labute approximate surface area is 100 Å². The lowest BCUT2D eigenvalue weighted by Crippen LogP contribution is -2.05. The highest BCUT2D eigenvalue weighted by molar-refractivity contribution is 5.93. The second-order valence-corrected chi connectivity index (χ2v) is 3.83. The van der Waals surface area contributed by atoms with Crippen LogP contribution in [0.1, 0.15) is 29.8 Å². The van der Waals surface area contributed by atoms with E-state index in [0.29, 0.717) is 12.2 Å². The first-order valence-electron chi connectivity index (χ1n) is 5.80. The number of ether oxygens (including phenoxy) is 1. The summed E-state index contributed by atoms with van der Waals surface area (Å²) >= 11 is 0. The van der Waals surface area contributed by atoms with Crippen molar-refractivity contribution in [3.05, 3.63) is 41.6 Å². The molecule has 0 bridgehead atoms. The quantitative estimate of drug-likeness (QED) is 0.759. The average molecular weight is 229 g/mol. The second-order valence-electron chi connectivity index (χ2n) is 3.83. The SMILES string of the molecule is CCOC(=O)c1cnc2ccc(CC)cc2c1. The van der Waals surface area contributed by atoms with Crippen LogP contribution in [-0.2, 0) is 11.2 Å². The van der Waals surface area contributed by atoms with Crippen molar-refractivity contribution in [1.82, 2.24) is 4.98 Å². The molecule has 3 heteroatoms. The van der Waals surface area contributed by atoms with Gasteiger partial charge in [0.25, 0.3) is 0 Å². The molecule has 3 nitrogen and oxygen atoms in total. The van der Waals surface area contributed by atoms with Crippen LogP contribution in [0.2, 0.25) is 0 Å². The van der Waals surface area contributed by atoms with Gasteiger partial charge in [0.15, 0.2) is 0 Å². The minimum atomic E-state index is -0.316. The van der Waals surface area contributed by atoms with Crippen LogP contribution >= 0.6 is 0 Å². The van der Waals surface area contributed by atoms with E-state index < -0.39 is 0 Å². The summed E-state index contributed by atoms with van der Waals surface area (Å²) in [5.41, 5.74) is 2.64. The van der Waals surface area contributed by atoms with Gasteiger partial charge in [0.1, 0.15) is 0 Å². The summed E-state index contributed by atoms with van der Waals surface area (Å²) < 4.78 is 4.95. The number of aromatic nitrogens is 1. The summed E-state index contributed by atoms with van der Waals surface area (Å²) in [6.07, 6.45) is 2.53. The van der Waals surface area contributed by atoms with Crippen molar-refractivity contribution >= 4 is 16.9 Å². The molecule has 1 heterocycles. The molecule has 0 aliphatic carbocycles. The number of pyridine rings is 1. The third-order valence-corrected chi connectivity index (χ3v) is 2.67. The predicted molar refractivity (Wildman–Crippen MR) is 67.1 cm³/mol. The molecule has 0 fully saturated rings. The lowest BCUT2D eigenvalue weighted by atomic mass is 10.1. The minimum absolute atomic E-state index is 0.316. The van der Waals surface area contributed by atoms with E-state index in [-0.39, 0.29) is 5.97 Å². The highest BCUT2D eigenvalue weighted by atomic mass is 16.5. The van der Waals surface area contributed by atoms with Gasteiger partial charge in [0, 0.05) is 11.6 Å². The molecule has 0 aliphatic heterocycles. The Balaban J connectivity index is 2.44. The summed E-state index contributed by atoms with van der Waals surface area (Å²) in [6.45, 7) is 4.28. The van der Waals surface area contributed by atoms with Gasteiger partial charge in [-0.2, -0.15) is 0 Å². The Bertz CT molecular complexity index is 549. The van der Waals surface area contributed by atoms with Gasteiger partial charge in [-0.3, -0.25) is 4.98 Å². The van der Waals surface area contributed by atoms with Crippen LogP contribution in [0, 0.1) is 0 Å². The van der Waals surface area contributed by atoms with Gasteiger partial charge in [-0.05, 0) is 37.1 Å². The number of hydrogen-bond donors (Lipinski definition) is 0. The van der Waals surface area contributed by atoms with Crippen LogP contribution in [0.15, 0.2) is 30.5 Å². The number of benzene rings is 1. The van der Waals surface area contributed by atoms with E-state index in [4.69, 9.17) is 4.74 Å². The fourth-order valence-electron chi connectivity index (χ4n) is 1.73. The summed E-state index contributed by atoms with van der Waals surface area (Å²) in [7, 11) is 0. The Morgan fingerprint density at radius 3 is 2.82 bits per heavy atom. The van der Waals surface area contributed by atoms with Gasteiger partial charge in [-0.1, -0.05) is 13.0 Å². The van der Waals surface area contributed by atoms with Crippen LogP contribution in [0.5, 0.6) is 0 Å². The van der Waals surface area contributed by atoms with Gasteiger partial charge in [-0.25, -0.2) is 4.79 Å². The van der Waals surface area contributed by atoms with E-state index in [0.717, 1.165) is 17.3 Å². The van der Waals surface area contributed by atoms with Gasteiger partial charge >= 0.3 is 5.97 Å². The molecule has 88 valence electrons. The fraction of sp³-hybridized carbons (Fsp3) is 0.286. The van der Waals surface area contributed by atoms with Crippen LogP contribution in [0.4, 0.5) is 0 Å². The predicted octanol–water partition coefficient (Wildman–Crippen LogP) is 2.97. The van der Waals surface area contributed by atoms with Gasteiger partial charge in [0.2, 0.25) is 0 Å². The molecule has 0 saturated heterocycles. The molecule has 0 aliphatic rings. The van der Waals surface area contributed by atoms with E-state index >= 15 is 0 Å². The van der Waals surface area contributed by atoms with E-state index in [1.807, 2.05) is 12.1 Å². The maximum absolute atomic E-state index is 11.6. The first-order chi connectivity index (χ1) is 8.24. The Hall–Kier alpha value is -1.90. The standard InChI is InChI=1S/C14H15NO2/c1-3-10-5-6-13-11(7-10)8-12(9-15-13)14(16)17-4-2/h5-9H,3-4H2,1-2H3. The summed E-state index contributed by atoms with van der Waals surface area (Å²) in [6, 6.07) is 7.92. The zero-order valence-electron chi connectivity index (χ0n) is 10.1. The molecule has 0 spiro atoms. The van der Waals surface area contributed by atoms with Crippen molar-refractivity contribution in [2.45, 2.75) is 20.3 Å². The molecule has 0 unspecified atom stereocenters. The topological polar surface area (TPSA) is 39.2 Å². The smallest absolute Gasteiger partial charge is 0.339 e. The third-order valence-electron chi connectivity index (χ3n) is 2.67. The molecular formula is C14H15NO2. The van der Waals surface area contributed by atoms with Crippen LogP contribution in [0.25, 0.3) is 10.9 Å². The number of hydrogen-bond acceptors (Lipinski definition) is 3. The monoisotopic (exact) mass is 229 g/mol. The first kappa shape index (κ1) is 11.6. The summed E-state index contributed by atoms with van der Waals surface area (Å²) in [5, 5.41) is 0.981. The second kappa shape index (κ2) is 4.95. The Kier molecular flexibility index (Phi) is 3.38. The third kappa shape index (κ3) is 2.44. The van der Waals surface area contributed by atoms with Crippen molar-refractivity contribution < 1.29 is 9.53 Å². The molecule has 2 aromatic rings. The van der Waals surface area contributed by atoms with E-state index in [2.05, 4.69) is 24.0 Å². The lowest BCUT2D eigenvalue weighted by molar-refractivity contribution is 0.0526. The number of carbonyl (C=O) groups is 1. The van der Waals surface area contributed by atoms with Crippen molar-refractivity contribution in [3.8, 4) is 0 Å². The van der Waals surface area contributed by atoms with Crippen LogP contribution < -0.4 is 0 Å². The maximum Gasteiger partial charge on any atom is 0.339 e. The number of aryl methyl sites for hydroxylation is 1. The molecule has 2 rings (SSSR count). The largest absolute Gasteiger partial charge is 0.462 e. The number of nitrogens with zero attached hydrogens (tertiary/aromatic N) is 1. The normalized spacial score (nSPS) is 10.5. The van der Waals surface area contributed by atoms with E-state index in [1.165, 1.54) is 5.56 Å². The zero-order chi connectivity index (χ0) is 12.3. The van der Waals surface area contributed by atoms with Gasteiger partial charge in [0.05, 0.1) is 17.7 Å². The number of fused-ring (bicyclic) bond motifs is 1. The number of esters is 1. The molecule has 0 radical (unpaired) electrons. The minimum Gasteiger partial charge on any atom is -0.462 e. The van der Waals surface area contributed by atoms with Crippen molar-refractivity contribution in [2.24, 2.45) is 0 Å². The highest BCUT2D eigenvalue weighted by Crippen LogP contribution is 2.16. The maximum atomic E-state index is 11.6. The molecule has 1 aromatic carbocycles. The van der Waals surface area contributed by atoms with Crippen LogP contribution in [0.3, 0.4) is 0 Å². The fourth-order valence-corrected chi connectivity index (χ4v) is 1.73. The molecule has 1 aromatic heterocycles. The van der Waals surface area contributed by atoms with Crippen molar-refractivity contribution in [3.63, 3.8) is 0 Å². The van der Waals surface area contributed by atoms with E-state index in [9.17, 15) is 4.79 Å². The molecule has 0 amide bonds. The summed E-state index contributed by atoms with van der Waals surface area (Å²) in [5.74, 6) is -0.316. The molecule has 0 atom stereocenters. The molecular weight excluding hydrogens is 214 g/mol. The molecule has 0 saturated carbocycles. The lowest BCUT2D eigenvalue weighted by Gasteiger charge is -2.04. The zero-order valence-corrected chi connectivity index (χ0v) is 10.1. The first-order valence-corrected chi connectivity index (χ1v) is 5.80. The molecule has 0 N–H and O–H groups in total. The van der Waals surface area contributed by atoms with E-state index in [1.54, 1.807) is 13.1 Å². The summed E-state index contributed by atoms with van der Waals surface area (Å²) in [4.78, 5) is 15.8. The Morgan fingerprint density at radius 2 is 2.12 bits per heavy atom. The van der Waals surface area contributed by atoms with Crippen LogP contribution in [-0.4, -0.2) is 17.6 Å². The van der Waals surface area contributed by atoms with Gasteiger partial charge < -0.3 is 4.74 Å².